The number of benzene rings is 1. The largest absolute Gasteiger partial charge is 0.338 e. The molecular formula is C13H19N3O3S. The van der Waals surface area contributed by atoms with Crippen LogP contribution in [0.5, 0.6) is 0 Å². The van der Waals surface area contributed by atoms with E-state index in [1.54, 1.807) is 23.1 Å². The lowest BCUT2D eigenvalue weighted by atomic mass is 10.1. The van der Waals surface area contributed by atoms with Crippen molar-refractivity contribution in [2.24, 2.45) is 5.84 Å². The van der Waals surface area contributed by atoms with E-state index in [1.165, 1.54) is 0 Å². The fourth-order valence-corrected chi connectivity index (χ4v) is 3.58. The van der Waals surface area contributed by atoms with Crippen molar-refractivity contribution < 1.29 is 13.2 Å². The van der Waals surface area contributed by atoms with Crippen LogP contribution in [-0.4, -0.2) is 43.8 Å². The number of carbonyl (C=O) groups excluding carboxylic acids is 1. The molecule has 0 radical (unpaired) electrons. The predicted octanol–water partition coefficient (Wildman–Crippen LogP) is 0.541. The molecule has 1 fully saturated rings. The summed E-state index contributed by atoms with van der Waals surface area (Å²) in [6.07, 6.45) is 0.496. The monoisotopic (exact) mass is 297 g/mol. The highest BCUT2D eigenvalue weighted by atomic mass is 32.2. The molecule has 0 aliphatic carbocycles. The van der Waals surface area contributed by atoms with E-state index >= 15 is 0 Å². The van der Waals surface area contributed by atoms with Crippen molar-refractivity contribution in [1.29, 1.82) is 0 Å². The highest BCUT2D eigenvalue weighted by molar-refractivity contribution is 7.91. The Kier molecular flexibility index (Phi) is 4.29. The van der Waals surface area contributed by atoms with Gasteiger partial charge in [-0.15, -0.1) is 0 Å². The van der Waals surface area contributed by atoms with Crippen molar-refractivity contribution >= 4 is 21.4 Å². The third-order valence-corrected chi connectivity index (χ3v) is 5.18. The molecule has 0 atom stereocenters. The minimum absolute atomic E-state index is 0.0419. The number of nitrogen functional groups attached to an aromatic ring is 1. The van der Waals surface area contributed by atoms with Crippen LogP contribution in [0.3, 0.4) is 0 Å². The van der Waals surface area contributed by atoms with Gasteiger partial charge in [-0.3, -0.25) is 10.6 Å². The normalized spacial score (nSPS) is 18.4. The summed E-state index contributed by atoms with van der Waals surface area (Å²) in [7, 11) is -3.01. The van der Waals surface area contributed by atoms with E-state index in [1.807, 2.05) is 6.92 Å². The maximum absolute atomic E-state index is 12.5. The summed E-state index contributed by atoms with van der Waals surface area (Å²) >= 11 is 0. The number of nitrogens with one attached hydrogen (secondary N) is 1. The number of hydrogen-bond acceptors (Lipinski definition) is 5. The Balaban J connectivity index is 2.19. The van der Waals surface area contributed by atoms with E-state index in [2.05, 4.69) is 5.43 Å². The van der Waals surface area contributed by atoms with Gasteiger partial charge >= 0.3 is 0 Å². The standard InChI is InChI=1S/C13H19N3O3S/c1-10-9-11(15-14)3-4-12(10)13(17)16-5-2-7-20(18,19)8-6-16/h3-4,9,15H,2,5-8,14H2,1H3. The molecule has 1 saturated heterocycles. The minimum atomic E-state index is -3.01. The van der Waals surface area contributed by atoms with Crippen molar-refractivity contribution in [3.63, 3.8) is 0 Å². The Bertz CT molecular complexity index is 613. The van der Waals surface area contributed by atoms with Crippen LogP contribution in [-0.2, 0) is 9.84 Å². The fraction of sp³-hybridized carbons (Fsp3) is 0.462. The van der Waals surface area contributed by atoms with E-state index in [-0.39, 0.29) is 24.0 Å². The Morgan fingerprint density at radius 2 is 2.05 bits per heavy atom. The van der Waals surface area contributed by atoms with Gasteiger partial charge < -0.3 is 10.3 Å². The summed E-state index contributed by atoms with van der Waals surface area (Å²) in [5.41, 5.74) is 4.67. The first-order valence-corrected chi connectivity index (χ1v) is 8.32. The smallest absolute Gasteiger partial charge is 0.254 e. The quantitative estimate of drug-likeness (QED) is 0.614. The average molecular weight is 297 g/mol. The minimum Gasteiger partial charge on any atom is -0.338 e. The van der Waals surface area contributed by atoms with Gasteiger partial charge in [-0.2, -0.15) is 0 Å². The molecule has 2 rings (SSSR count). The van der Waals surface area contributed by atoms with Crippen molar-refractivity contribution in [3.05, 3.63) is 29.3 Å². The van der Waals surface area contributed by atoms with Crippen LogP contribution < -0.4 is 11.3 Å². The van der Waals surface area contributed by atoms with Crippen LogP contribution in [0.1, 0.15) is 22.3 Å². The highest BCUT2D eigenvalue weighted by Crippen LogP contribution is 2.17. The number of carbonyl (C=O) groups is 1. The van der Waals surface area contributed by atoms with Gasteiger partial charge in [0, 0.05) is 24.3 Å². The summed E-state index contributed by atoms with van der Waals surface area (Å²) in [6.45, 7) is 2.58. The highest BCUT2D eigenvalue weighted by Gasteiger charge is 2.24. The molecule has 1 aromatic carbocycles. The molecule has 1 heterocycles. The Morgan fingerprint density at radius 1 is 1.30 bits per heavy atom. The molecule has 0 bridgehead atoms. The molecule has 0 spiro atoms. The zero-order valence-electron chi connectivity index (χ0n) is 11.4. The third kappa shape index (κ3) is 3.29. The first-order valence-electron chi connectivity index (χ1n) is 6.50. The lowest BCUT2D eigenvalue weighted by Crippen LogP contribution is -2.34. The molecule has 1 aromatic rings. The number of hydrogen-bond donors (Lipinski definition) is 2. The van der Waals surface area contributed by atoms with E-state index < -0.39 is 9.84 Å². The number of nitrogens with zero attached hydrogens (tertiary/aromatic N) is 1. The molecule has 1 aliphatic rings. The summed E-state index contributed by atoms with van der Waals surface area (Å²) in [4.78, 5) is 14.1. The van der Waals surface area contributed by atoms with E-state index in [0.29, 0.717) is 18.5 Å². The van der Waals surface area contributed by atoms with Crippen LogP contribution in [0.25, 0.3) is 0 Å². The number of aryl methyl sites for hydroxylation is 1. The second-order valence-corrected chi connectivity index (χ2v) is 7.28. The van der Waals surface area contributed by atoms with Crippen molar-refractivity contribution in [2.45, 2.75) is 13.3 Å². The molecule has 0 aromatic heterocycles. The summed E-state index contributed by atoms with van der Waals surface area (Å²) < 4.78 is 23.1. The van der Waals surface area contributed by atoms with E-state index in [9.17, 15) is 13.2 Å². The predicted molar refractivity (Wildman–Crippen MR) is 78.2 cm³/mol. The van der Waals surface area contributed by atoms with Crippen LogP contribution in [0, 0.1) is 6.92 Å². The molecule has 0 unspecified atom stereocenters. The number of sulfone groups is 1. The van der Waals surface area contributed by atoms with Gasteiger partial charge in [0.05, 0.1) is 11.5 Å². The molecule has 1 aliphatic heterocycles. The fourth-order valence-electron chi connectivity index (χ4n) is 2.31. The molecule has 6 nitrogen and oxygen atoms in total. The van der Waals surface area contributed by atoms with Crippen molar-refractivity contribution in [2.75, 3.05) is 30.0 Å². The third-order valence-electron chi connectivity index (χ3n) is 3.47. The molecule has 7 heteroatoms. The van der Waals surface area contributed by atoms with Gasteiger partial charge in [-0.05, 0) is 37.1 Å². The van der Waals surface area contributed by atoms with E-state index in [0.717, 1.165) is 11.3 Å². The molecule has 110 valence electrons. The van der Waals surface area contributed by atoms with Crippen LogP contribution in [0.2, 0.25) is 0 Å². The average Bonchev–Trinajstić information content (AvgIpc) is 2.59. The Labute approximate surface area is 118 Å². The van der Waals surface area contributed by atoms with Crippen LogP contribution >= 0.6 is 0 Å². The Hall–Kier alpha value is -1.60. The van der Waals surface area contributed by atoms with Gasteiger partial charge in [-0.25, -0.2) is 8.42 Å². The molecular weight excluding hydrogens is 278 g/mol. The number of nitrogens with two attached hydrogens (primary N) is 1. The lowest BCUT2D eigenvalue weighted by molar-refractivity contribution is 0.0768. The molecule has 3 N–H and O–H groups in total. The van der Waals surface area contributed by atoms with Gasteiger partial charge in [-0.1, -0.05) is 0 Å². The van der Waals surface area contributed by atoms with Gasteiger partial charge in [0.25, 0.3) is 5.91 Å². The first-order chi connectivity index (χ1) is 9.43. The maximum Gasteiger partial charge on any atom is 0.254 e. The maximum atomic E-state index is 12.5. The topological polar surface area (TPSA) is 92.5 Å². The van der Waals surface area contributed by atoms with Crippen molar-refractivity contribution in [1.82, 2.24) is 4.90 Å². The molecule has 0 saturated carbocycles. The SMILES string of the molecule is Cc1cc(NN)ccc1C(=O)N1CCCS(=O)(=O)CC1. The Morgan fingerprint density at radius 3 is 2.70 bits per heavy atom. The second-order valence-electron chi connectivity index (χ2n) is 4.97. The number of hydrazine groups is 1. The second kappa shape index (κ2) is 5.80. The first kappa shape index (κ1) is 14.8. The lowest BCUT2D eigenvalue weighted by Gasteiger charge is -2.21. The van der Waals surface area contributed by atoms with Crippen LogP contribution in [0.4, 0.5) is 5.69 Å². The molecule has 20 heavy (non-hydrogen) atoms. The van der Waals surface area contributed by atoms with E-state index in [4.69, 9.17) is 5.84 Å². The number of amides is 1. The number of rotatable bonds is 2. The van der Waals surface area contributed by atoms with Crippen LogP contribution in [0.15, 0.2) is 18.2 Å². The van der Waals surface area contributed by atoms with Gasteiger partial charge in [0.1, 0.15) is 0 Å². The van der Waals surface area contributed by atoms with Crippen molar-refractivity contribution in [3.8, 4) is 0 Å². The summed E-state index contributed by atoms with van der Waals surface area (Å²) in [6, 6.07) is 5.24. The summed E-state index contributed by atoms with van der Waals surface area (Å²) in [5.74, 6) is 5.40. The zero-order chi connectivity index (χ0) is 14.8. The molecule has 1 amide bonds. The zero-order valence-corrected chi connectivity index (χ0v) is 12.2. The van der Waals surface area contributed by atoms with Gasteiger partial charge in [0.15, 0.2) is 9.84 Å². The number of anilines is 1. The van der Waals surface area contributed by atoms with Gasteiger partial charge in [0.2, 0.25) is 0 Å². The summed E-state index contributed by atoms with van der Waals surface area (Å²) in [5, 5.41) is 0.